The highest BCUT2D eigenvalue weighted by molar-refractivity contribution is 6.05. The number of hydrogen-bond donors (Lipinski definition) is 1. The Morgan fingerprint density at radius 2 is 1.82 bits per heavy atom. The van der Waals surface area contributed by atoms with Crippen LogP contribution in [-0.2, 0) is 7.05 Å². The van der Waals surface area contributed by atoms with Gasteiger partial charge in [-0.15, -0.1) is 0 Å². The Labute approximate surface area is 101 Å². The number of hydrogen-bond acceptors (Lipinski definition) is 1. The molecule has 0 unspecified atom stereocenters. The number of carbonyl (C=O) groups is 1. The van der Waals surface area contributed by atoms with Gasteiger partial charge in [-0.25, -0.2) is 0 Å². The van der Waals surface area contributed by atoms with E-state index < -0.39 is 0 Å². The molecule has 1 heterocycles. The molecule has 3 nitrogen and oxygen atoms in total. The minimum atomic E-state index is -0.0580. The van der Waals surface area contributed by atoms with E-state index in [4.69, 9.17) is 0 Å². The smallest absolute Gasteiger partial charge is 0.257 e. The van der Waals surface area contributed by atoms with E-state index in [2.05, 4.69) is 5.32 Å². The summed E-state index contributed by atoms with van der Waals surface area (Å²) in [6.07, 6.45) is 0. The molecule has 0 aliphatic rings. The van der Waals surface area contributed by atoms with Gasteiger partial charge in [0.15, 0.2) is 0 Å². The summed E-state index contributed by atoms with van der Waals surface area (Å²) < 4.78 is 2.01. The monoisotopic (exact) mass is 228 g/mol. The number of benzene rings is 1. The van der Waals surface area contributed by atoms with Gasteiger partial charge in [-0.3, -0.25) is 4.79 Å². The first kappa shape index (κ1) is 11.5. The summed E-state index contributed by atoms with van der Waals surface area (Å²) in [7, 11) is 1.96. The first-order valence-electron chi connectivity index (χ1n) is 5.59. The summed E-state index contributed by atoms with van der Waals surface area (Å²) in [5, 5.41) is 2.89. The van der Waals surface area contributed by atoms with Gasteiger partial charge in [-0.05, 0) is 32.0 Å². The number of nitrogens with zero attached hydrogens (tertiary/aromatic N) is 1. The van der Waals surface area contributed by atoms with Crippen molar-refractivity contribution >= 4 is 11.6 Å². The standard InChI is InChI=1S/C14H16N2O/c1-10-9-13(11(2)16(10)3)14(17)15-12-7-5-4-6-8-12/h4-9H,1-3H3,(H,15,17). The lowest BCUT2D eigenvalue weighted by atomic mass is 10.2. The number of aromatic nitrogens is 1. The van der Waals surface area contributed by atoms with E-state index in [1.165, 1.54) is 0 Å². The molecular weight excluding hydrogens is 212 g/mol. The van der Waals surface area contributed by atoms with Crippen molar-refractivity contribution in [2.24, 2.45) is 7.05 Å². The van der Waals surface area contributed by atoms with Gasteiger partial charge in [0.05, 0.1) is 5.56 Å². The molecule has 0 aliphatic heterocycles. The molecule has 0 bridgehead atoms. The Morgan fingerprint density at radius 1 is 1.18 bits per heavy atom. The lowest BCUT2D eigenvalue weighted by molar-refractivity contribution is 0.102. The van der Waals surface area contributed by atoms with Crippen LogP contribution in [0.2, 0.25) is 0 Å². The molecule has 2 aromatic rings. The topological polar surface area (TPSA) is 34.0 Å². The molecule has 0 atom stereocenters. The molecule has 0 saturated heterocycles. The van der Waals surface area contributed by atoms with Crippen LogP contribution >= 0.6 is 0 Å². The third kappa shape index (κ3) is 2.23. The summed E-state index contributed by atoms with van der Waals surface area (Å²) in [5.74, 6) is -0.0580. The van der Waals surface area contributed by atoms with Crippen LogP contribution in [0.3, 0.4) is 0 Å². The predicted octanol–water partition coefficient (Wildman–Crippen LogP) is 2.89. The Hall–Kier alpha value is -2.03. The molecule has 0 fully saturated rings. The van der Waals surface area contributed by atoms with E-state index in [1.807, 2.05) is 61.9 Å². The minimum absolute atomic E-state index is 0.0580. The van der Waals surface area contributed by atoms with Gasteiger partial charge in [0.1, 0.15) is 0 Å². The molecule has 0 aliphatic carbocycles. The minimum Gasteiger partial charge on any atom is -0.351 e. The van der Waals surface area contributed by atoms with E-state index in [1.54, 1.807) is 0 Å². The molecule has 1 aromatic carbocycles. The second-order valence-electron chi connectivity index (χ2n) is 4.16. The quantitative estimate of drug-likeness (QED) is 0.842. The molecule has 0 radical (unpaired) electrons. The highest BCUT2D eigenvalue weighted by Gasteiger charge is 2.13. The Kier molecular flexibility index (Phi) is 3.00. The number of amides is 1. The van der Waals surface area contributed by atoms with Crippen LogP contribution in [-0.4, -0.2) is 10.5 Å². The van der Waals surface area contributed by atoms with Crippen molar-refractivity contribution in [2.75, 3.05) is 5.32 Å². The zero-order chi connectivity index (χ0) is 12.4. The zero-order valence-corrected chi connectivity index (χ0v) is 10.3. The SMILES string of the molecule is Cc1cc(C(=O)Nc2ccccc2)c(C)n1C. The molecule has 2 rings (SSSR count). The van der Waals surface area contributed by atoms with Gasteiger partial charge in [0.2, 0.25) is 0 Å². The maximum absolute atomic E-state index is 12.1. The number of rotatable bonds is 2. The van der Waals surface area contributed by atoms with Crippen molar-refractivity contribution in [3.8, 4) is 0 Å². The fourth-order valence-corrected chi connectivity index (χ4v) is 1.81. The highest BCUT2D eigenvalue weighted by atomic mass is 16.1. The fourth-order valence-electron chi connectivity index (χ4n) is 1.81. The van der Waals surface area contributed by atoms with Gasteiger partial charge in [-0.2, -0.15) is 0 Å². The van der Waals surface area contributed by atoms with Gasteiger partial charge in [0.25, 0.3) is 5.91 Å². The molecular formula is C14H16N2O. The zero-order valence-electron chi connectivity index (χ0n) is 10.3. The maximum Gasteiger partial charge on any atom is 0.257 e. The predicted molar refractivity (Wildman–Crippen MR) is 69.3 cm³/mol. The molecule has 1 N–H and O–H groups in total. The average molecular weight is 228 g/mol. The number of para-hydroxylation sites is 1. The molecule has 1 amide bonds. The van der Waals surface area contributed by atoms with Gasteiger partial charge >= 0.3 is 0 Å². The molecule has 1 aromatic heterocycles. The van der Waals surface area contributed by atoms with Crippen LogP contribution < -0.4 is 5.32 Å². The second kappa shape index (κ2) is 4.45. The number of anilines is 1. The third-order valence-corrected chi connectivity index (χ3v) is 3.05. The maximum atomic E-state index is 12.1. The molecule has 0 spiro atoms. The van der Waals surface area contributed by atoms with Crippen LogP contribution in [0.15, 0.2) is 36.4 Å². The first-order chi connectivity index (χ1) is 8.09. The second-order valence-corrected chi connectivity index (χ2v) is 4.16. The Bertz CT molecular complexity index is 541. The molecule has 3 heteroatoms. The van der Waals surface area contributed by atoms with E-state index in [0.717, 1.165) is 22.6 Å². The van der Waals surface area contributed by atoms with Gasteiger partial charge in [-0.1, -0.05) is 18.2 Å². The van der Waals surface area contributed by atoms with Crippen LogP contribution in [0.4, 0.5) is 5.69 Å². The van der Waals surface area contributed by atoms with Crippen molar-refractivity contribution in [1.82, 2.24) is 4.57 Å². The van der Waals surface area contributed by atoms with Crippen LogP contribution in [0.5, 0.6) is 0 Å². The summed E-state index contributed by atoms with van der Waals surface area (Å²) in [6, 6.07) is 11.4. The Morgan fingerprint density at radius 3 is 2.35 bits per heavy atom. The van der Waals surface area contributed by atoms with Crippen molar-refractivity contribution < 1.29 is 4.79 Å². The van der Waals surface area contributed by atoms with Crippen molar-refractivity contribution in [3.63, 3.8) is 0 Å². The van der Waals surface area contributed by atoms with Crippen LogP contribution in [0.25, 0.3) is 0 Å². The molecule has 17 heavy (non-hydrogen) atoms. The van der Waals surface area contributed by atoms with E-state index in [0.29, 0.717) is 0 Å². The third-order valence-electron chi connectivity index (χ3n) is 3.05. The lowest BCUT2D eigenvalue weighted by Gasteiger charge is -2.05. The van der Waals surface area contributed by atoms with E-state index >= 15 is 0 Å². The van der Waals surface area contributed by atoms with Crippen molar-refractivity contribution in [3.05, 3.63) is 53.3 Å². The lowest BCUT2D eigenvalue weighted by Crippen LogP contribution is -2.12. The van der Waals surface area contributed by atoms with E-state index in [9.17, 15) is 4.79 Å². The molecule has 0 saturated carbocycles. The van der Waals surface area contributed by atoms with Crippen molar-refractivity contribution in [1.29, 1.82) is 0 Å². The van der Waals surface area contributed by atoms with Crippen LogP contribution in [0.1, 0.15) is 21.7 Å². The summed E-state index contributed by atoms with van der Waals surface area (Å²) in [4.78, 5) is 12.1. The number of nitrogens with one attached hydrogen (secondary N) is 1. The summed E-state index contributed by atoms with van der Waals surface area (Å²) in [5.41, 5.74) is 3.61. The number of aryl methyl sites for hydroxylation is 1. The van der Waals surface area contributed by atoms with Crippen molar-refractivity contribution in [2.45, 2.75) is 13.8 Å². The summed E-state index contributed by atoms with van der Waals surface area (Å²) >= 11 is 0. The Balaban J connectivity index is 2.24. The van der Waals surface area contributed by atoms with E-state index in [-0.39, 0.29) is 5.91 Å². The fraction of sp³-hybridized carbons (Fsp3) is 0.214. The van der Waals surface area contributed by atoms with Crippen LogP contribution in [0, 0.1) is 13.8 Å². The van der Waals surface area contributed by atoms with Gasteiger partial charge in [0, 0.05) is 24.1 Å². The normalized spacial score (nSPS) is 10.3. The molecule has 88 valence electrons. The van der Waals surface area contributed by atoms with Gasteiger partial charge < -0.3 is 9.88 Å². The summed E-state index contributed by atoms with van der Waals surface area (Å²) in [6.45, 7) is 3.94. The first-order valence-corrected chi connectivity index (χ1v) is 5.59. The average Bonchev–Trinajstić information content (AvgIpc) is 2.58. The largest absolute Gasteiger partial charge is 0.351 e. The number of carbonyl (C=O) groups excluding carboxylic acids is 1. The highest BCUT2D eigenvalue weighted by Crippen LogP contribution is 2.15.